The van der Waals surface area contributed by atoms with Gasteiger partial charge in [-0.05, 0) is 13.0 Å². The number of rotatable bonds is 6. The molecule has 1 amide bonds. The lowest BCUT2D eigenvalue weighted by Crippen LogP contribution is -2.43. The number of Topliss-reactive ketones (excluding diaryl/α,β-unsaturated/α-hetero) is 1. The Bertz CT molecular complexity index is 724. The summed E-state index contributed by atoms with van der Waals surface area (Å²) in [5, 5.41) is 10.3. The maximum atomic E-state index is 12.7. The van der Waals surface area contributed by atoms with Gasteiger partial charge in [0.15, 0.2) is 11.5 Å². The number of ketones is 1. The highest BCUT2D eigenvalue weighted by Crippen LogP contribution is 2.41. The van der Waals surface area contributed by atoms with Crippen molar-refractivity contribution >= 4 is 11.7 Å². The van der Waals surface area contributed by atoms with Crippen LogP contribution in [0.2, 0.25) is 0 Å². The Morgan fingerprint density at radius 3 is 2.62 bits per heavy atom. The van der Waals surface area contributed by atoms with Crippen molar-refractivity contribution < 1.29 is 24.2 Å². The van der Waals surface area contributed by atoms with Crippen molar-refractivity contribution in [3.63, 3.8) is 0 Å². The third-order valence-corrected chi connectivity index (χ3v) is 4.88. The predicted octanol–water partition coefficient (Wildman–Crippen LogP) is 1.31. The van der Waals surface area contributed by atoms with Gasteiger partial charge in [0.05, 0.1) is 31.9 Å². The smallest absolute Gasteiger partial charge is 0.290 e. The molecule has 7 nitrogen and oxygen atoms in total. The number of benzene rings is 1. The Morgan fingerprint density at radius 2 is 1.96 bits per heavy atom. The maximum Gasteiger partial charge on any atom is 0.290 e. The topological polar surface area (TPSA) is 79.3 Å². The van der Waals surface area contributed by atoms with E-state index in [0.29, 0.717) is 37.6 Å². The molecule has 1 atom stereocenters. The fourth-order valence-electron chi connectivity index (χ4n) is 3.53. The van der Waals surface area contributed by atoms with E-state index >= 15 is 0 Å². The summed E-state index contributed by atoms with van der Waals surface area (Å²) < 4.78 is 10.8. The first-order chi connectivity index (χ1) is 12.5. The molecule has 0 unspecified atom stereocenters. The van der Waals surface area contributed by atoms with E-state index in [1.54, 1.807) is 18.1 Å². The van der Waals surface area contributed by atoms with Crippen LogP contribution in [0.15, 0.2) is 35.6 Å². The van der Waals surface area contributed by atoms with E-state index in [-0.39, 0.29) is 11.4 Å². The zero-order chi connectivity index (χ0) is 18.7. The van der Waals surface area contributed by atoms with Gasteiger partial charge in [-0.15, -0.1) is 0 Å². The van der Waals surface area contributed by atoms with E-state index < -0.39 is 17.7 Å². The molecule has 140 valence electrons. The summed E-state index contributed by atoms with van der Waals surface area (Å²) in [4.78, 5) is 28.6. The number of amides is 1. The van der Waals surface area contributed by atoms with E-state index in [0.717, 1.165) is 13.1 Å². The lowest BCUT2D eigenvalue weighted by atomic mass is 9.96. The first kappa shape index (κ1) is 18.4. The van der Waals surface area contributed by atoms with Crippen molar-refractivity contribution in [3.05, 3.63) is 41.2 Å². The van der Waals surface area contributed by atoms with Gasteiger partial charge in [0.1, 0.15) is 5.75 Å². The fourth-order valence-corrected chi connectivity index (χ4v) is 3.53. The molecule has 0 radical (unpaired) electrons. The second-order valence-electron chi connectivity index (χ2n) is 6.42. The molecule has 0 aromatic heterocycles. The molecule has 2 aliphatic rings. The van der Waals surface area contributed by atoms with Gasteiger partial charge in [0.25, 0.3) is 5.91 Å². The standard InChI is InChI=1S/C19H24N2O5/c1-13(22)16-17(14-5-3-4-6-15(14)25-2)21(19(24)18(16)23)8-7-20-9-11-26-12-10-20/h3-6,17,23H,7-12H2,1-2H3/t17-/m0/s1. The molecule has 0 saturated carbocycles. The minimum Gasteiger partial charge on any atom is -0.503 e. The van der Waals surface area contributed by atoms with Crippen LogP contribution < -0.4 is 4.74 Å². The van der Waals surface area contributed by atoms with Crippen molar-refractivity contribution in [1.82, 2.24) is 9.80 Å². The highest BCUT2D eigenvalue weighted by atomic mass is 16.5. The number of hydrogen-bond donors (Lipinski definition) is 1. The molecule has 1 N–H and O–H groups in total. The molecule has 7 heteroatoms. The summed E-state index contributed by atoms with van der Waals surface area (Å²) in [6.07, 6.45) is 0. The summed E-state index contributed by atoms with van der Waals surface area (Å²) in [7, 11) is 1.55. The quantitative estimate of drug-likeness (QED) is 0.824. The average Bonchev–Trinajstić information content (AvgIpc) is 2.91. The van der Waals surface area contributed by atoms with Crippen LogP contribution in [-0.4, -0.2) is 73.1 Å². The normalized spacial score (nSPS) is 21.4. The number of hydrogen-bond acceptors (Lipinski definition) is 6. The molecular formula is C19H24N2O5. The SMILES string of the molecule is COc1ccccc1[C@H]1C(C(C)=O)=C(O)C(=O)N1CCN1CCOCC1. The maximum absolute atomic E-state index is 12.7. The van der Waals surface area contributed by atoms with Crippen molar-refractivity contribution in [1.29, 1.82) is 0 Å². The van der Waals surface area contributed by atoms with Gasteiger partial charge < -0.3 is 19.5 Å². The zero-order valence-electron chi connectivity index (χ0n) is 15.1. The van der Waals surface area contributed by atoms with Crippen molar-refractivity contribution in [2.24, 2.45) is 0 Å². The molecule has 0 spiro atoms. The molecule has 2 aliphatic heterocycles. The van der Waals surface area contributed by atoms with Gasteiger partial charge in [-0.3, -0.25) is 14.5 Å². The third-order valence-electron chi connectivity index (χ3n) is 4.88. The second-order valence-corrected chi connectivity index (χ2v) is 6.42. The minimum atomic E-state index is -0.641. The van der Waals surface area contributed by atoms with E-state index in [9.17, 15) is 14.7 Å². The zero-order valence-corrected chi connectivity index (χ0v) is 15.1. The van der Waals surface area contributed by atoms with Gasteiger partial charge >= 0.3 is 0 Å². The molecule has 3 rings (SSSR count). The monoisotopic (exact) mass is 360 g/mol. The van der Waals surface area contributed by atoms with Gasteiger partial charge in [0, 0.05) is 31.7 Å². The van der Waals surface area contributed by atoms with Crippen molar-refractivity contribution in [2.45, 2.75) is 13.0 Å². The molecule has 1 saturated heterocycles. The number of aliphatic hydroxyl groups is 1. The molecule has 1 fully saturated rings. The average molecular weight is 360 g/mol. The first-order valence-corrected chi connectivity index (χ1v) is 8.72. The summed E-state index contributed by atoms with van der Waals surface area (Å²) in [6.45, 7) is 5.38. The van der Waals surface area contributed by atoms with Crippen LogP contribution in [0.5, 0.6) is 5.75 Å². The van der Waals surface area contributed by atoms with Crippen LogP contribution in [0.1, 0.15) is 18.5 Å². The van der Waals surface area contributed by atoms with Crippen molar-refractivity contribution in [2.75, 3.05) is 46.5 Å². The number of carbonyl (C=O) groups excluding carboxylic acids is 2. The van der Waals surface area contributed by atoms with Gasteiger partial charge in [0.2, 0.25) is 0 Å². The predicted molar refractivity (Wildman–Crippen MR) is 95.0 cm³/mol. The second kappa shape index (κ2) is 7.88. The Kier molecular flexibility index (Phi) is 5.58. The molecule has 1 aromatic carbocycles. The Balaban J connectivity index is 1.91. The largest absolute Gasteiger partial charge is 0.503 e. The molecule has 0 bridgehead atoms. The van der Waals surface area contributed by atoms with Crippen LogP contribution in [0.25, 0.3) is 0 Å². The fraction of sp³-hybridized carbons (Fsp3) is 0.474. The van der Waals surface area contributed by atoms with Crippen LogP contribution >= 0.6 is 0 Å². The van der Waals surface area contributed by atoms with Crippen LogP contribution in [0.4, 0.5) is 0 Å². The van der Waals surface area contributed by atoms with E-state index in [1.165, 1.54) is 6.92 Å². The number of aliphatic hydroxyl groups excluding tert-OH is 1. The summed E-state index contributed by atoms with van der Waals surface area (Å²) in [5.74, 6) is -0.717. The Labute approximate surface area is 152 Å². The molecule has 26 heavy (non-hydrogen) atoms. The van der Waals surface area contributed by atoms with E-state index in [1.807, 2.05) is 18.2 Å². The molecule has 0 aliphatic carbocycles. The number of methoxy groups -OCH3 is 1. The van der Waals surface area contributed by atoms with E-state index in [2.05, 4.69) is 4.90 Å². The van der Waals surface area contributed by atoms with Crippen molar-refractivity contribution in [3.8, 4) is 5.75 Å². The van der Waals surface area contributed by atoms with E-state index in [4.69, 9.17) is 9.47 Å². The number of morpholine rings is 1. The molecule has 2 heterocycles. The number of carbonyl (C=O) groups is 2. The summed E-state index contributed by atoms with van der Waals surface area (Å²) in [5.41, 5.74) is 0.820. The number of para-hydroxylation sites is 1. The van der Waals surface area contributed by atoms with Gasteiger partial charge in [-0.2, -0.15) is 0 Å². The minimum absolute atomic E-state index is 0.126. The summed E-state index contributed by atoms with van der Waals surface area (Å²) in [6, 6.07) is 6.62. The molecule has 1 aromatic rings. The van der Waals surface area contributed by atoms with Crippen LogP contribution in [0.3, 0.4) is 0 Å². The number of ether oxygens (including phenoxy) is 2. The lowest BCUT2D eigenvalue weighted by molar-refractivity contribution is -0.129. The van der Waals surface area contributed by atoms with Crippen LogP contribution in [-0.2, 0) is 14.3 Å². The Hall–Kier alpha value is -2.38. The van der Waals surface area contributed by atoms with Gasteiger partial charge in [-0.25, -0.2) is 0 Å². The highest BCUT2D eigenvalue weighted by Gasteiger charge is 2.43. The number of nitrogens with zero attached hydrogens (tertiary/aromatic N) is 2. The third kappa shape index (κ3) is 3.45. The Morgan fingerprint density at radius 1 is 1.27 bits per heavy atom. The highest BCUT2D eigenvalue weighted by molar-refractivity contribution is 6.08. The van der Waals surface area contributed by atoms with Gasteiger partial charge in [-0.1, -0.05) is 18.2 Å². The summed E-state index contributed by atoms with van der Waals surface area (Å²) >= 11 is 0. The lowest BCUT2D eigenvalue weighted by Gasteiger charge is -2.32. The first-order valence-electron chi connectivity index (χ1n) is 8.72. The molecular weight excluding hydrogens is 336 g/mol. The van der Waals surface area contributed by atoms with Crippen LogP contribution in [0, 0.1) is 0 Å².